The maximum absolute atomic E-state index is 9.31. The van der Waals surface area contributed by atoms with Crippen molar-refractivity contribution in [2.24, 2.45) is 0 Å². The van der Waals surface area contributed by atoms with Gasteiger partial charge in [-0.2, -0.15) is 0 Å². The predicted molar refractivity (Wildman–Crippen MR) is 41.7 cm³/mol. The highest BCUT2D eigenvalue weighted by molar-refractivity contribution is 5.18. The van der Waals surface area contributed by atoms with Gasteiger partial charge >= 0.3 is 0 Å². The molecular weight excluding hydrogens is 142 g/mol. The van der Waals surface area contributed by atoms with Gasteiger partial charge in [0.2, 0.25) is 5.95 Å². The number of hydrogen-bond acceptors (Lipinski definition) is 4. The Morgan fingerprint density at radius 1 is 1.73 bits per heavy atom. The number of hydrogen-bond donors (Lipinski definition) is 2. The fourth-order valence-corrected chi connectivity index (χ4v) is 0.783. The SMILES string of the molecule is CC[C@H](O)c1ccnc(N)n1. The van der Waals surface area contributed by atoms with E-state index in [2.05, 4.69) is 9.97 Å². The molecule has 0 spiro atoms. The minimum atomic E-state index is -0.528. The third-order valence-corrected chi connectivity index (χ3v) is 1.42. The van der Waals surface area contributed by atoms with Crippen LogP contribution in [0.4, 0.5) is 5.95 Å². The molecule has 4 nitrogen and oxygen atoms in total. The van der Waals surface area contributed by atoms with Crippen molar-refractivity contribution in [1.29, 1.82) is 0 Å². The smallest absolute Gasteiger partial charge is 0.220 e. The Balaban J connectivity index is 2.86. The van der Waals surface area contributed by atoms with E-state index in [1.54, 1.807) is 6.07 Å². The van der Waals surface area contributed by atoms with Crippen LogP contribution in [0.3, 0.4) is 0 Å². The second kappa shape index (κ2) is 3.30. The van der Waals surface area contributed by atoms with Gasteiger partial charge < -0.3 is 10.8 Å². The molecule has 1 atom stereocenters. The molecule has 4 heteroatoms. The van der Waals surface area contributed by atoms with E-state index in [4.69, 9.17) is 5.73 Å². The first-order chi connectivity index (χ1) is 5.24. The van der Waals surface area contributed by atoms with E-state index in [1.807, 2.05) is 6.92 Å². The van der Waals surface area contributed by atoms with E-state index in [-0.39, 0.29) is 5.95 Å². The maximum atomic E-state index is 9.31. The Morgan fingerprint density at radius 3 is 3.00 bits per heavy atom. The van der Waals surface area contributed by atoms with Crippen LogP contribution >= 0.6 is 0 Å². The normalized spacial score (nSPS) is 12.9. The number of rotatable bonds is 2. The molecule has 60 valence electrons. The average Bonchev–Trinajstić information content (AvgIpc) is 2.03. The molecule has 11 heavy (non-hydrogen) atoms. The largest absolute Gasteiger partial charge is 0.387 e. The van der Waals surface area contributed by atoms with Crippen molar-refractivity contribution < 1.29 is 5.11 Å². The Morgan fingerprint density at radius 2 is 2.45 bits per heavy atom. The fourth-order valence-electron chi connectivity index (χ4n) is 0.783. The summed E-state index contributed by atoms with van der Waals surface area (Å²) in [6.45, 7) is 1.88. The second-order valence-electron chi connectivity index (χ2n) is 2.26. The van der Waals surface area contributed by atoms with Crippen molar-refractivity contribution in [1.82, 2.24) is 9.97 Å². The van der Waals surface area contributed by atoms with Crippen LogP contribution in [-0.2, 0) is 0 Å². The Hall–Kier alpha value is -1.16. The average molecular weight is 153 g/mol. The lowest BCUT2D eigenvalue weighted by molar-refractivity contribution is 0.169. The molecule has 0 saturated carbocycles. The number of anilines is 1. The van der Waals surface area contributed by atoms with Crippen LogP contribution in [0.15, 0.2) is 12.3 Å². The summed E-state index contributed by atoms with van der Waals surface area (Å²) in [5.74, 6) is 0.204. The minimum absolute atomic E-state index is 0.204. The van der Waals surface area contributed by atoms with Crippen LogP contribution in [0, 0.1) is 0 Å². The molecule has 0 saturated heterocycles. The molecule has 0 radical (unpaired) electrons. The first kappa shape index (κ1) is 7.94. The van der Waals surface area contributed by atoms with Crippen LogP contribution < -0.4 is 5.73 Å². The molecule has 0 aliphatic carbocycles. The molecule has 1 aromatic heterocycles. The highest BCUT2D eigenvalue weighted by Crippen LogP contribution is 2.12. The van der Waals surface area contributed by atoms with Crippen LogP contribution in [0.5, 0.6) is 0 Å². The lowest BCUT2D eigenvalue weighted by Gasteiger charge is -2.05. The van der Waals surface area contributed by atoms with Gasteiger partial charge in [0, 0.05) is 6.20 Å². The van der Waals surface area contributed by atoms with Gasteiger partial charge in [-0.05, 0) is 12.5 Å². The lowest BCUT2D eigenvalue weighted by atomic mass is 10.2. The monoisotopic (exact) mass is 153 g/mol. The van der Waals surface area contributed by atoms with E-state index in [0.29, 0.717) is 12.1 Å². The van der Waals surface area contributed by atoms with Gasteiger partial charge in [0.15, 0.2) is 0 Å². The molecule has 1 heterocycles. The summed E-state index contributed by atoms with van der Waals surface area (Å²) in [5.41, 5.74) is 5.90. The standard InChI is InChI=1S/C7H11N3O/c1-2-6(11)5-3-4-9-7(8)10-5/h3-4,6,11H,2H2,1H3,(H2,8,9,10)/t6-/m0/s1. The Bertz CT molecular complexity index is 239. The molecule has 0 bridgehead atoms. The summed E-state index contributed by atoms with van der Waals surface area (Å²) in [5, 5.41) is 9.31. The van der Waals surface area contributed by atoms with Gasteiger partial charge in [0.05, 0.1) is 11.8 Å². The van der Waals surface area contributed by atoms with Gasteiger partial charge in [0.25, 0.3) is 0 Å². The molecule has 1 rings (SSSR count). The summed E-state index contributed by atoms with van der Waals surface area (Å²) in [4.78, 5) is 7.57. The highest BCUT2D eigenvalue weighted by atomic mass is 16.3. The van der Waals surface area contributed by atoms with E-state index >= 15 is 0 Å². The summed E-state index contributed by atoms with van der Waals surface area (Å²) >= 11 is 0. The lowest BCUT2D eigenvalue weighted by Crippen LogP contribution is -2.02. The summed E-state index contributed by atoms with van der Waals surface area (Å²) in [7, 11) is 0. The fraction of sp³-hybridized carbons (Fsp3) is 0.429. The Kier molecular flexibility index (Phi) is 2.38. The second-order valence-corrected chi connectivity index (χ2v) is 2.26. The zero-order valence-electron chi connectivity index (χ0n) is 6.36. The molecule has 0 amide bonds. The van der Waals surface area contributed by atoms with Crippen molar-refractivity contribution in [3.63, 3.8) is 0 Å². The van der Waals surface area contributed by atoms with Crippen molar-refractivity contribution in [2.45, 2.75) is 19.4 Å². The minimum Gasteiger partial charge on any atom is -0.387 e. The topological polar surface area (TPSA) is 72.0 Å². The van der Waals surface area contributed by atoms with Crippen molar-refractivity contribution in [3.8, 4) is 0 Å². The summed E-state index contributed by atoms with van der Waals surface area (Å²) < 4.78 is 0. The molecule has 3 N–H and O–H groups in total. The Labute approximate surface area is 65.1 Å². The maximum Gasteiger partial charge on any atom is 0.220 e. The molecule has 0 aliphatic rings. The number of aromatic nitrogens is 2. The third-order valence-electron chi connectivity index (χ3n) is 1.42. The van der Waals surface area contributed by atoms with Gasteiger partial charge in [-0.1, -0.05) is 6.92 Å². The number of nitrogens with two attached hydrogens (primary N) is 1. The van der Waals surface area contributed by atoms with E-state index in [9.17, 15) is 5.11 Å². The quantitative estimate of drug-likeness (QED) is 0.649. The molecular formula is C7H11N3O. The molecule has 0 fully saturated rings. The van der Waals surface area contributed by atoms with E-state index in [0.717, 1.165) is 0 Å². The van der Waals surface area contributed by atoms with E-state index in [1.165, 1.54) is 6.20 Å². The van der Waals surface area contributed by atoms with Crippen molar-refractivity contribution in [2.75, 3.05) is 5.73 Å². The number of nitrogen functional groups attached to an aromatic ring is 1. The molecule has 0 aromatic carbocycles. The van der Waals surface area contributed by atoms with Gasteiger partial charge in [-0.25, -0.2) is 9.97 Å². The van der Waals surface area contributed by atoms with Crippen LogP contribution in [-0.4, -0.2) is 15.1 Å². The molecule has 0 unspecified atom stereocenters. The number of aliphatic hydroxyl groups is 1. The van der Waals surface area contributed by atoms with Gasteiger partial charge in [-0.15, -0.1) is 0 Å². The highest BCUT2D eigenvalue weighted by Gasteiger charge is 2.05. The number of aliphatic hydroxyl groups excluding tert-OH is 1. The summed E-state index contributed by atoms with van der Waals surface area (Å²) in [6.07, 6.45) is 1.65. The first-order valence-corrected chi connectivity index (χ1v) is 3.50. The summed E-state index contributed by atoms with van der Waals surface area (Å²) in [6, 6.07) is 1.66. The van der Waals surface area contributed by atoms with Gasteiger partial charge in [-0.3, -0.25) is 0 Å². The number of nitrogens with zero attached hydrogens (tertiary/aromatic N) is 2. The van der Waals surface area contributed by atoms with Gasteiger partial charge in [0.1, 0.15) is 0 Å². The van der Waals surface area contributed by atoms with E-state index < -0.39 is 6.10 Å². The zero-order valence-corrected chi connectivity index (χ0v) is 6.36. The molecule has 0 aliphatic heterocycles. The van der Waals surface area contributed by atoms with Crippen molar-refractivity contribution >= 4 is 5.95 Å². The van der Waals surface area contributed by atoms with Crippen LogP contribution in [0.1, 0.15) is 25.1 Å². The third kappa shape index (κ3) is 1.88. The first-order valence-electron chi connectivity index (χ1n) is 3.50. The van der Waals surface area contributed by atoms with Crippen LogP contribution in [0.2, 0.25) is 0 Å². The zero-order chi connectivity index (χ0) is 8.27. The van der Waals surface area contributed by atoms with Crippen LogP contribution in [0.25, 0.3) is 0 Å². The predicted octanol–water partition coefficient (Wildman–Crippen LogP) is 0.502. The van der Waals surface area contributed by atoms with Crippen molar-refractivity contribution in [3.05, 3.63) is 18.0 Å². The molecule has 1 aromatic rings.